The van der Waals surface area contributed by atoms with Gasteiger partial charge in [-0.1, -0.05) is 48.5 Å². The highest BCUT2D eigenvalue weighted by molar-refractivity contribution is 5.90. The van der Waals surface area contributed by atoms with E-state index in [0.717, 1.165) is 22.4 Å². The van der Waals surface area contributed by atoms with Gasteiger partial charge in [-0.25, -0.2) is 9.98 Å². The highest BCUT2D eigenvalue weighted by Crippen LogP contribution is 2.24. The average molecular weight is 312 g/mol. The number of rotatable bonds is 4. The Morgan fingerprint density at radius 3 is 1.96 bits per heavy atom. The summed E-state index contributed by atoms with van der Waals surface area (Å²) < 4.78 is 0. The Bertz CT molecular complexity index is 886. The van der Waals surface area contributed by atoms with E-state index in [-0.39, 0.29) is 0 Å². The summed E-state index contributed by atoms with van der Waals surface area (Å²) in [5.41, 5.74) is 3.98. The molecule has 0 atom stereocenters. The van der Waals surface area contributed by atoms with Gasteiger partial charge in [-0.3, -0.25) is 0 Å². The van der Waals surface area contributed by atoms with Gasteiger partial charge in [0.2, 0.25) is 5.95 Å². The Kier molecular flexibility index (Phi) is 3.78. The van der Waals surface area contributed by atoms with E-state index < -0.39 is 0 Å². The molecule has 4 heteroatoms. The van der Waals surface area contributed by atoms with Gasteiger partial charge in [0, 0.05) is 11.4 Å². The molecule has 4 rings (SSSR count). The number of benzene rings is 3. The maximum Gasteiger partial charge on any atom is 0.229 e. The normalized spacial score (nSPS) is 11.2. The summed E-state index contributed by atoms with van der Waals surface area (Å²) in [6.07, 6.45) is 1.79. The van der Waals surface area contributed by atoms with Crippen LogP contribution in [0.4, 0.5) is 17.3 Å². The molecule has 0 saturated carbocycles. The molecular weight excluding hydrogens is 296 g/mol. The molecule has 0 radical (unpaired) electrons. The highest BCUT2D eigenvalue weighted by Gasteiger charge is 2.06. The SMILES string of the molecule is C(=N\c1nc2ccccc2[nH]1)/N(c1ccccc1)c1ccccc1. The van der Waals surface area contributed by atoms with E-state index in [0.29, 0.717) is 5.95 Å². The molecule has 0 aliphatic rings. The smallest absolute Gasteiger partial charge is 0.229 e. The lowest BCUT2D eigenvalue weighted by atomic mass is 10.2. The van der Waals surface area contributed by atoms with Crippen molar-refractivity contribution in [2.24, 2.45) is 4.99 Å². The molecule has 4 aromatic rings. The van der Waals surface area contributed by atoms with Crippen LogP contribution in [0.5, 0.6) is 0 Å². The standard InChI is InChI=1S/C20H16N4/c1-3-9-16(10-4-1)24(17-11-5-2-6-12-17)15-21-20-22-18-13-7-8-14-19(18)23-20/h1-15H,(H,22,23)/b21-15+. The van der Waals surface area contributed by atoms with E-state index in [9.17, 15) is 0 Å². The number of hydrogen-bond acceptors (Lipinski definition) is 2. The number of aromatic nitrogens is 2. The third kappa shape index (κ3) is 2.90. The van der Waals surface area contributed by atoms with Gasteiger partial charge in [-0.05, 0) is 36.4 Å². The van der Waals surface area contributed by atoms with Gasteiger partial charge >= 0.3 is 0 Å². The van der Waals surface area contributed by atoms with Gasteiger partial charge in [-0.2, -0.15) is 0 Å². The van der Waals surface area contributed by atoms with Gasteiger partial charge in [0.25, 0.3) is 0 Å². The molecule has 0 amide bonds. The van der Waals surface area contributed by atoms with Crippen molar-refractivity contribution < 1.29 is 0 Å². The number of nitrogens with zero attached hydrogens (tertiary/aromatic N) is 3. The molecular formula is C20H16N4. The third-order valence-corrected chi connectivity index (χ3v) is 3.74. The average Bonchev–Trinajstić information content (AvgIpc) is 3.07. The van der Waals surface area contributed by atoms with Crippen LogP contribution in [0.2, 0.25) is 0 Å². The topological polar surface area (TPSA) is 44.3 Å². The largest absolute Gasteiger partial charge is 0.322 e. The lowest BCUT2D eigenvalue weighted by Gasteiger charge is -2.19. The first-order valence-corrected chi connectivity index (χ1v) is 7.78. The number of para-hydroxylation sites is 4. The van der Waals surface area contributed by atoms with Crippen LogP contribution in [0.1, 0.15) is 0 Å². The van der Waals surface area contributed by atoms with Gasteiger partial charge in [-0.15, -0.1) is 0 Å². The summed E-state index contributed by atoms with van der Waals surface area (Å²) in [7, 11) is 0. The van der Waals surface area contributed by atoms with E-state index in [4.69, 9.17) is 0 Å². The van der Waals surface area contributed by atoms with Crippen LogP contribution in [-0.2, 0) is 0 Å². The third-order valence-electron chi connectivity index (χ3n) is 3.74. The summed E-state index contributed by atoms with van der Waals surface area (Å²) in [6, 6.07) is 28.2. The summed E-state index contributed by atoms with van der Waals surface area (Å²) in [5, 5.41) is 0. The number of imidazole rings is 1. The monoisotopic (exact) mass is 312 g/mol. The molecule has 0 aliphatic heterocycles. The molecule has 0 aliphatic carbocycles. The Labute approximate surface area is 140 Å². The van der Waals surface area contributed by atoms with Crippen LogP contribution in [0.25, 0.3) is 11.0 Å². The fraction of sp³-hybridized carbons (Fsp3) is 0. The molecule has 1 aromatic heterocycles. The summed E-state index contributed by atoms with van der Waals surface area (Å²) in [4.78, 5) is 14.3. The lowest BCUT2D eigenvalue weighted by molar-refractivity contribution is 1.25. The zero-order valence-electron chi connectivity index (χ0n) is 13.0. The lowest BCUT2D eigenvalue weighted by Crippen LogP contribution is -2.13. The first-order chi connectivity index (χ1) is 11.9. The molecule has 1 heterocycles. The summed E-state index contributed by atoms with van der Waals surface area (Å²) in [5.74, 6) is 0.591. The van der Waals surface area contributed by atoms with Crippen molar-refractivity contribution in [3.63, 3.8) is 0 Å². The fourth-order valence-corrected chi connectivity index (χ4v) is 2.57. The van der Waals surface area contributed by atoms with Gasteiger partial charge < -0.3 is 9.88 Å². The van der Waals surface area contributed by atoms with Crippen LogP contribution in [0.15, 0.2) is 89.9 Å². The zero-order chi connectivity index (χ0) is 16.2. The molecule has 0 spiro atoms. The first-order valence-electron chi connectivity index (χ1n) is 7.78. The second-order valence-electron chi connectivity index (χ2n) is 5.36. The quantitative estimate of drug-likeness (QED) is 0.423. The highest BCUT2D eigenvalue weighted by atomic mass is 15.2. The molecule has 0 fully saturated rings. The maximum absolute atomic E-state index is 4.53. The number of aromatic amines is 1. The predicted octanol–water partition coefficient (Wildman–Crippen LogP) is 5.06. The van der Waals surface area contributed by atoms with E-state index in [1.165, 1.54) is 0 Å². The van der Waals surface area contributed by atoms with Crippen molar-refractivity contribution in [1.82, 2.24) is 9.97 Å². The molecule has 4 nitrogen and oxygen atoms in total. The van der Waals surface area contributed by atoms with Crippen LogP contribution in [-0.4, -0.2) is 16.3 Å². The molecule has 3 aromatic carbocycles. The fourth-order valence-electron chi connectivity index (χ4n) is 2.57. The van der Waals surface area contributed by atoms with Crippen molar-refractivity contribution in [3.8, 4) is 0 Å². The zero-order valence-corrected chi connectivity index (χ0v) is 13.0. The van der Waals surface area contributed by atoms with Crippen molar-refractivity contribution in [1.29, 1.82) is 0 Å². The van der Waals surface area contributed by atoms with Crippen LogP contribution in [0.3, 0.4) is 0 Å². The molecule has 116 valence electrons. The Hall–Kier alpha value is -3.40. The molecule has 1 N–H and O–H groups in total. The van der Waals surface area contributed by atoms with Crippen LogP contribution < -0.4 is 4.90 Å². The predicted molar refractivity (Wildman–Crippen MR) is 99.3 cm³/mol. The Morgan fingerprint density at radius 1 is 0.750 bits per heavy atom. The van der Waals surface area contributed by atoms with Crippen molar-refractivity contribution in [2.45, 2.75) is 0 Å². The molecule has 0 saturated heterocycles. The minimum absolute atomic E-state index is 0.591. The number of anilines is 2. The Balaban J connectivity index is 1.71. The maximum atomic E-state index is 4.53. The Morgan fingerprint density at radius 2 is 1.33 bits per heavy atom. The summed E-state index contributed by atoms with van der Waals surface area (Å²) in [6.45, 7) is 0. The number of fused-ring (bicyclic) bond motifs is 1. The van der Waals surface area contributed by atoms with E-state index in [1.54, 1.807) is 6.34 Å². The van der Waals surface area contributed by atoms with Gasteiger partial charge in [0.05, 0.1) is 11.0 Å². The number of H-pyrrole nitrogens is 1. The van der Waals surface area contributed by atoms with E-state index in [1.807, 2.05) is 65.6 Å². The first kappa shape index (κ1) is 14.2. The minimum atomic E-state index is 0.591. The number of aliphatic imine (C=N–C) groups is 1. The second kappa shape index (κ2) is 6.38. The van der Waals surface area contributed by atoms with E-state index in [2.05, 4.69) is 39.2 Å². The van der Waals surface area contributed by atoms with Crippen molar-refractivity contribution in [2.75, 3.05) is 4.90 Å². The van der Waals surface area contributed by atoms with Gasteiger partial charge in [0.1, 0.15) is 6.34 Å². The van der Waals surface area contributed by atoms with Crippen LogP contribution >= 0.6 is 0 Å². The van der Waals surface area contributed by atoms with Gasteiger partial charge in [0.15, 0.2) is 0 Å². The summed E-state index contributed by atoms with van der Waals surface area (Å²) >= 11 is 0. The molecule has 0 unspecified atom stereocenters. The minimum Gasteiger partial charge on any atom is -0.322 e. The number of nitrogens with one attached hydrogen (secondary N) is 1. The second-order valence-corrected chi connectivity index (χ2v) is 5.36. The van der Waals surface area contributed by atoms with Crippen LogP contribution in [0, 0.1) is 0 Å². The van der Waals surface area contributed by atoms with E-state index >= 15 is 0 Å². The van der Waals surface area contributed by atoms with Crippen molar-refractivity contribution in [3.05, 3.63) is 84.9 Å². The molecule has 24 heavy (non-hydrogen) atoms. The number of hydrogen-bond donors (Lipinski definition) is 1. The molecule has 0 bridgehead atoms. The van der Waals surface area contributed by atoms with Crippen molar-refractivity contribution >= 4 is 34.7 Å².